The second-order valence-corrected chi connectivity index (χ2v) is 6.52. The van der Waals surface area contributed by atoms with Crippen LogP contribution >= 0.6 is 11.8 Å². The normalized spacial score (nSPS) is 10.5. The summed E-state index contributed by atoms with van der Waals surface area (Å²) >= 11 is 1.17. The Balaban J connectivity index is 1.63. The zero-order chi connectivity index (χ0) is 19.2. The van der Waals surface area contributed by atoms with E-state index in [1.807, 2.05) is 31.2 Å². The molecule has 2 aromatic carbocycles. The number of aromatic nitrogens is 2. The Hall–Kier alpha value is -3.00. The van der Waals surface area contributed by atoms with E-state index in [1.165, 1.54) is 18.9 Å². The molecule has 0 saturated heterocycles. The van der Waals surface area contributed by atoms with Crippen molar-refractivity contribution in [3.05, 3.63) is 48.0 Å². The number of rotatable bonds is 7. The molecule has 3 rings (SSSR count). The van der Waals surface area contributed by atoms with Crippen molar-refractivity contribution in [1.29, 1.82) is 0 Å². The van der Waals surface area contributed by atoms with E-state index in [2.05, 4.69) is 15.5 Å². The fraction of sp³-hybridized carbons (Fsp3) is 0.211. The molecule has 1 aromatic heterocycles. The molecule has 0 atom stereocenters. The molecule has 1 heterocycles. The van der Waals surface area contributed by atoms with Crippen molar-refractivity contribution in [2.75, 3.05) is 25.3 Å². The lowest BCUT2D eigenvalue weighted by molar-refractivity contribution is -0.113. The molecule has 140 valence electrons. The van der Waals surface area contributed by atoms with Crippen molar-refractivity contribution < 1.29 is 18.7 Å². The van der Waals surface area contributed by atoms with Gasteiger partial charge in [-0.05, 0) is 30.7 Å². The van der Waals surface area contributed by atoms with Crippen LogP contribution in [0.3, 0.4) is 0 Å². The van der Waals surface area contributed by atoms with Gasteiger partial charge in [-0.1, -0.05) is 30.0 Å². The molecular formula is C19H19N3O4S. The number of benzene rings is 2. The van der Waals surface area contributed by atoms with Gasteiger partial charge in [0.15, 0.2) is 0 Å². The number of carbonyl (C=O) groups is 1. The molecule has 1 amide bonds. The topological polar surface area (TPSA) is 86.5 Å². The van der Waals surface area contributed by atoms with Gasteiger partial charge in [-0.3, -0.25) is 4.79 Å². The van der Waals surface area contributed by atoms with Crippen molar-refractivity contribution in [2.24, 2.45) is 0 Å². The van der Waals surface area contributed by atoms with Gasteiger partial charge in [-0.25, -0.2) is 0 Å². The summed E-state index contributed by atoms with van der Waals surface area (Å²) in [7, 11) is 3.10. The Morgan fingerprint density at radius 2 is 1.96 bits per heavy atom. The number of anilines is 1. The first-order valence-corrected chi connectivity index (χ1v) is 9.13. The predicted octanol–water partition coefficient (Wildman–Crippen LogP) is 3.79. The third kappa shape index (κ3) is 4.59. The van der Waals surface area contributed by atoms with Crippen LogP contribution in [0.2, 0.25) is 0 Å². The SMILES string of the molecule is COc1ccc(OC)c(NC(=O)CSc2nnc(-c3ccccc3C)o2)c1. The maximum absolute atomic E-state index is 12.3. The Labute approximate surface area is 161 Å². The van der Waals surface area contributed by atoms with Gasteiger partial charge >= 0.3 is 0 Å². The average molecular weight is 385 g/mol. The first-order chi connectivity index (χ1) is 13.1. The van der Waals surface area contributed by atoms with Crippen molar-refractivity contribution in [1.82, 2.24) is 10.2 Å². The minimum atomic E-state index is -0.220. The number of ether oxygens (including phenoxy) is 2. The monoisotopic (exact) mass is 385 g/mol. The van der Waals surface area contributed by atoms with Crippen molar-refractivity contribution in [3.8, 4) is 23.0 Å². The third-order valence-corrected chi connectivity index (χ3v) is 4.61. The third-order valence-electron chi connectivity index (χ3n) is 3.79. The molecule has 8 heteroatoms. The van der Waals surface area contributed by atoms with Crippen LogP contribution < -0.4 is 14.8 Å². The lowest BCUT2D eigenvalue weighted by atomic mass is 10.1. The van der Waals surface area contributed by atoms with Gasteiger partial charge in [-0.15, -0.1) is 10.2 Å². The van der Waals surface area contributed by atoms with Gasteiger partial charge in [0.05, 0.1) is 25.7 Å². The van der Waals surface area contributed by atoms with Crippen LogP contribution in [0.1, 0.15) is 5.56 Å². The molecule has 1 N–H and O–H groups in total. The average Bonchev–Trinajstić information content (AvgIpc) is 3.15. The van der Waals surface area contributed by atoms with E-state index in [9.17, 15) is 4.79 Å². The van der Waals surface area contributed by atoms with E-state index in [1.54, 1.807) is 25.3 Å². The quantitative estimate of drug-likeness (QED) is 0.619. The second-order valence-electron chi connectivity index (χ2n) is 5.59. The Morgan fingerprint density at radius 3 is 2.70 bits per heavy atom. The Bertz CT molecular complexity index is 942. The number of nitrogens with zero attached hydrogens (tertiary/aromatic N) is 2. The fourth-order valence-electron chi connectivity index (χ4n) is 2.42. The van der Waals surface area contributed by atoms with Gasteiger partial charge in [0.25, 0.3) is 5.22 Å². The molecular weight excluding hydrogens is 366 g/mol. The van der Waals surface area contributed by atoms with E-state index in [0.29, 0.717) is 28.3 Å². The highest BCUT2D eigenvalue weighted by atomic mass is 32.2. The van der Waals surface area contributed by atoms with Crippen LogP contribution in [-0.2, 0) is 4.79 Å². The van der Waals surface area contributed by atoms with E-state index < -0.39 is 0 Å². The number of nitrogens with one attached hydrogen (secondary N) is 1. The van der Waals surface area contributed by atoms with Crippen LogP contribution in [0.5, 0.6) is 11.5 Å². The van der Waals surface area contributed by atoms with E-state index in [0.717, 1.165) is 11.1 Å². The Kier molecular flexibility index (Phi) is 5.97. The standard InChI is InChI=1S/C19H19N3O4S/c1-12-6-4-5-7-14(12)18-21-22-19(26-18)27-11-17(23)20-15-10-13(24-2)8-9-16(15)25-3/h4-10H,11H2,1-3H3,(H,20,23). The summed E-state index contributed by atoms with van der Waals surface area (Å²) in [6.45, 7) is 1.97. The number of aryl methyl sites for hydroxylation is 1. The molecule has 7 nitrogen and oxygen atoms in total. The van der Waals surface area contributed by atoms with Crippen LogP contribution in [-0.4, -0.2) is 36.1 Å². The van der Waals surface area contributed by atoms with Crippen molar-refractivity contribution in [3.63, 3.8) is 0 Å². The molecule has 0 aliphatic rings. The maximum Gasteiger partial charge on any atom is 0.277 e. The van der Waals surface area contributed by atoms with Gasteiger partial charge in [0, 0.05) is 11.6 Å². The fourth-order valence-corrected chi connectivity index (χ4v) is 2.98. The van der Waals surface area contributed by atoms with Crippen LogP contribution in [0.25, 0.3) is 11.5 Å². The minimum absolute atomic E-state index is 0.121. The number of thioether (sulfide) groups is 1. The van der Waals surface area contributed by atoms with Crippen LogP contribution in [0.4, 0.5) is 5.69 Å². The molecule has 0 bridgehead atoms. The largest absolute Gasteiger partial charge is 0.497 e. The summed E-state index contributed by atoms with van der Waals surface area (Å²) in [4.78, 5) is 12.3. The van der Waals surface area contributed by atoms with Gasteiger partial charge in [0.2, 0.25) is 11.8 Å². The van der Waals surface area contributed by atoms with Crippen molar-refractivity contribution in [2.45, 2.75) is 12.1 Å². The van der Waals surface area contributed by atoms with Gasteiger partial charge in [-0.2, -0.15) is 0 Å². The zero-order valence-corrected chi connectivity index (χ0v) is 16.0. The lowest BCUT2D eigenvalue weighted by Crippen LogP contribution is -2.14. The molecule has 27 heavy (non-hydrogen) atoms. The molecule has 0 unspecified atom stereocenters. The minimum Gasteiger partial charge on any atom is -0.497 e. The van der Waals surface area contributed by atoms with E-state index in [-0.39, 0.29) is 11.7 Å². The molecule has 0 aliphatic heterocycles. The molecule has 0 fully saturated rings. The summed E-state index contributed by atoms with van der Waals surface area (Å²) in [5.41, 5.74) is 2.46. The first-order valence-electron chi connectivity index (χ1n) is 8.15. The van der Waals surface area contributed by atoms with Crippen LogP contribution in [0, 0.1) is 6.92 Å². The summed E-state index contributed by atoms with van der Waals surface area (Å²) in [5.74, 6) is 1.51. The van der Waals surface area contributed by atoms with Gasteiger partial charge < -0.3 is 19.2 Å². The summed E-state index contributed by atoms with van der Waals surface area (Å²) in [6.07, 6.45) is 0. The first kappa shape index (κ1) is 18.8. The molecule has 0 saturated carbocycles. The van der Waals surface area contributed by atoms with Gasteiger partial charge in [0.1, 0.15) is 11.5 Å². The van der Waals surface area contributed by atoms with E-state index >= 15 is 0 Å². The molecule has 0 spiro atoms. The maximum atomic E-state index is 12.3. The summed E-state index contributed by atoms with van der Waals surface area (Å²) < 4.78 is 16.1. The molecule has 3 aromatic rings. The number of hydrogen-bond donors (Lipinski definition) is 1. The predicted molar refractivity (Wildman–Crippen MR) is 103 cm³/mol. The van der Waals surface area contributed by atoms with Crippen molar-refractivity contribution >= 4 is 23.4 Å². The molecule has 0 radical (unpaired) electrons. The number of hydrogen-bond acceptors (Lipinski definition) is 7. The highest BCUT2D eigenvalue weighted by Gasteiger charge is 2.14. The number of methoxy groups -OCH3 is 2. The number of amides is 1. The lowest BCUT2D eigenvalue weighted by Gasteiger charge is -2.11. The Morgan fingerprint density at radius 1 is 1.15 bits per heavy atom. The summed E-state index contributed by atoms with van der Waals surface area (Å²) in [5, 5.41) is 11.2. The number of carbonyl (C=O) groups excluding carboxylic acids is 1. The summed E-state index contributed by atoms with van der Waals surface area (Å²) in [6, 6.07) is 12.9. The smallest absolute Gasteiger partial charge is 0.277 e. The second kappa shape index (κ2) is 8.59. The zero-order valence-electron chi connectivity index (χ0n) is 15.2. The highest BCUT2D eigenvalue weighted by Crippen LogP contribution is 2.29. The van der Waals surface area contributed by atoms with Crippen LogP contribution in [0.15, 0.2) is 52.1 Å². The van der Waals surface area contributed by atoms with E-state index in [4.69, 9.17) is 13.9 Å². The highest BCUT2D eigenvalue weighted by molar-refractivity contribution is 7.99. The molecule has 0 aliphatic carbocycles.